The number of hydrogen-bond acceptors (Lipinski definition) is 0. The largest absolute Gasteiger partial charge is 0.117 e. The van der Waals surface area contributed by atoms with E-state index in [0.29, 0.717) is 0 Å². The molecule has 1 atom stereocenters. The molecule has 21 heavy (non-hydrogen) atoms. The van der Waals surface area contributed by atoms with Crippen molar-refractivity contribution in [2.24, 2.45) is 29.6 Å². The molecule has 0 radical (unpaired) electrons. The van der Waals surface area contributed by atoms with Crippen molar-refractivity contribution in [2.45, 2.75) is 57.2 Å². The molecule has 5 rings (SSSR count). The summed E-state index contributed by atoms with van der Waals surface area (Å²) in [5, 5.41) is 0.246. The number of benzene rings is 1. The zero-order valence-corrected chi connectivity index (χ0v) is 13.9. The third-order valence-electron chi connectivity index (χ3n) is 6.47. The lowest BCUT2D eigenvalue weighted by Crippen LogP contribution is -2.46. The molecule has 1 heteroatoms. The molecular formula is C20H27Cl. The third-order valence-corrected chi connectivity index (χ3v) is 7.02. The van der Waals surface area contributed by atoms with E-state index >= 15 is 0 Å². The summed E-state index contributed by atoms with van der Waals surface area (Å²) in [4.78, 5) is 0. The van der Waals surface area contributed by atoms with Crippen molar-refractivity contribution in [3.63, 3.8) is 0 Å². The van der Waals surface area contributed by atoms with Crippen molar-refractivity contribution in [3.05, 3.63) is 35.4 Å². The van der Waals surface area contributed by atoms with Crippen LogP contribution < -0.4 is 0 Å². The predicted molar refractivity (Wildman–Crippen MR) is 89.6 cm³/mol. The van der Waals surface area contributed by atoms with Crippen molar-refractivity contribution in [3.8, 4) is 0 Å². The van der Waals surface area contributed by atoms with Crippen LogP contribution in [0.1, 0.15) is 62.0 Å². The van der Waals surface area contributed by atoms with Crippen LogP contribution in [-0.2, 0) is 6.42 Å². The van der Waals surface area contributed by atoms with Crippen LogP contribution in [0.5, 0.6) is 0 Å². The maximum absolute atomic E-state index is 6.98. The lowest BCUT2D eigenvalue weighted by atomic mass is 9.51. The van der Waals surface area contributed by atoms with Crippen molar-refractivity contribution >= 4 is 11.6 Å². The summed E-state index contributed by atoms with van der Waals surface area (Å²) in [7, 11) is 0. The molecule has 0 aliphatic heterocycles. The summed E-state index contributed by atoms with van der Waals surface area (Å²) in [5.74, 6) is 4.66. The van der Waals surface area contributed by atoms with Gasteiger partial charge >= 0.3 is 0 Å². The van der Waals surface area contributed by atoms with Gasteiger partial charge in [0.15, 0.2) is 0 Å². The molecule has 1 unspecified atom stereocenters. The Labute approximate surface area is 134 Å². The molecule has 0 amide bonds. The molecule has 1 aromatic carbocycles. The van der Waals surface area contributed by atoms with E-state index in [9.17, 15) is 0 Å². The Balaban J connectivity index is 1.53. The van der Waals surface area contributed by atoms with Crippen molar-refractivity contribution in [1.82, 2.24) is 0 Å². The summed E-state index contributed by atoms with van der Waals surface area (Å²) < 4.78 is 0. The molecule has 114 valence electrons. The van der Waals surface area contributed by atoms with Gasteiger partial charge < -0.3 is 0 Å². The van der Waals surface area contributed by atoms with Crippen LogP contribution in [0.25, 0.3) is 0 Å². The molecule has 4 fully saturated rings. The van der Waals surface area contributed by atoms with Gasteiger partial charge in [-0.15, -0.1) is 11.6 Å². The second kappa shape index (κ2) is 5.61. The molecule has 4 aliphatic rings. The predicted octanol–water partition coefficient (Wildman–Crippen LogP) is 5.99. The van der Waals surface area contributed by atoms with Crippen LogP contribution in [0.15, 0.2) is 24.3 Å². The first-order valence-electron chi connectivity index (χ1n) is 8.97. The van der Waals surface area contributed by atoms with Crippen molar-refractivity contribution in [2.75, 3.05) is 0 Å². The van der Waals surface area contributed by atoms with Gasteiger partial charge in [-0.2, -0.15) is 0 Å². The Hall–Kier alpha value is -0.490. The van der Waals surface area contributed by atoms with Gasteiger partial charge in [-0.1, -0.05) is 37.6 Å². The zero-order chi connectivity index (χ0) is 14.4. The van der Waals surface area contributed by atoms with E-state index in [4.69, 9.17) is 11.6 Å². The van der Waals surface area contributed by atoms with Crippen LogP contribution in [-0.4, -0.2) is 0 Å². The number of hydrogen-bond donors (Lipinski definition) is 0. The Morgan fingerprint density at radius 1 is 0.952 bits per heavy atom. The Morgan fingerprint density at radius 3 is 2.05 bits per heavy atom. The van der Waals surface area contributed by atoms with E-state index in [-0.39, 0.29) is 5.38 Å². The SMILES string of the molecule is CCCc1ccc(C(Cl)C2C3CC4CC(C3)CC2C4)cc1. The monoisotopic (exact) mass is 302 g/mol. The Morgan fingerprint density at radius 2 is 1.52 bits per heavy atom. The molecule has 0 saturated heterocycles. The van der Waals surface area contributed by atoms with Crippen LogP contribution in [0.3, 0.4) is 0 Å². The molecule has 0 aromatic heterocycles. The van der Waals surface area contributed by atoms with E-state index < -0.39 is 0 Å². The third kappa shape index (κ3) is 2.54. The average Bonchev–Trinajstić information content (AvgIpc) is 2.47. The molecule has 4 saturated carbocycles. The molecule has 1 aromatic rings. The van der Waals surface area contributed by atoms with Crippen LogP contribution >= 0.6 is 11.6 Å². The molecule has 0 spiro atoms. The van der Waals surface area contributed by atoms with Crippen LogP contribution in [0.4, 0.5) is 0 Å². The first-order chi connectivity index (χ1) is 10.2. The highest BCUT2D eigenvalue weighted by atomic mass is 35.5. The van der Waals surface area contributed by atoms with E-state index in [0.717, 1.165) is 29.6 Å². The van der Waals surface area contributed by atoms with Gasteiger partial charge in [0.05, 0.1) is 5.38 Å². The molecule has 0 nitrogen and oxygen atoms in total. The smallest absolute Gasteiger partial charge is 0.0618 e. The second-order valence-electron chi connectivity index (χ2n) is 7.90. The zero-order valence-electron chi connectivity index (χ0n) is 13.1. The maximum atomic E-state index is 6.98. The van der Waals surface area contributed by atoms with Gasteiger partial charge in [-0.25, -0.2) is 0 Å². The normalized spacial score (nSPS) is 38.7. The number of alkyl halides is 1. The topological polar surface area (TPSA) is 0 Å². The first kappa shape index (κ1) is 14.1. The lowest BCUT2D eigenvalue weighted by Gasteiger charge is -2.55. The minimum Gasteiger partial charge on any atom is -0.117 e. The van der Waals surface area contributed by atoms with Crippen LogP contribution in [0, 0.1) is 29.6 Å². The van der Waals surface area contributed by atoms with Gasteiger partial charge in [0.25, 0.3) is 0 Å². The van der Waals surface area contributed by atoms with E-state index in [1.165, 1.54) is 56.1 Å². The minimum atomic E-state index is 0.246. The molecular weight excluding hydrogens is 276 g/mol. The van der Waals surface area contributed by atoms with Gasteiger partial charge in [-0.3, -0.25) is 0 Å². The van der Waals surface area contributed by atoms with Crippen molar-refractivity contribution < 1.29 is 0 Å². The standard InChI is InChI=1S/C20H27Cl/c1-2-3-13-4-6-16(7-5-13)20(21)19-17-9-14-8-15(11-17)12-18(19)10-14/h4-7,14-15,17-20H,2-3,8-12H2,1H3. The van der Waals surface area contributed by atoms with Gasteiger partial charge in [0.1, 0.15) is 0 Å². The number of halogens is 1. The van der Waals surface area contributed by atoms with E-state index in [1.54, 1.807) is 0 Å². The first-order valence-corrected chi connectivity index (χ1v) is 9.41. The highest BCUT2D eigenvalue weighted by molar-refractivity contribution is 6.21. The summed E-state index contributed by atoms with van der Waals surface area (Å²) in [5.41, 5.74) is 2.82. The quantitative estimate of drug-likeness (QED) is 0.599. The van der Waals surface area contributed by atoms with Crippen LogP contribution in [0.2, 0.25) is 0 Å². The van der Waals surface area contributed by atoms with E-state index in [2.05, 4.69) is 31.2 Å². The summed E-state index contributed by atoms with van der Waals surface area (Å²) >= 11 is 6.98. The summed E-state index contributed by atoms with van der Waals surface area (Å²) in [6, 6.07) is 9.19. The maximum Gasteiger partial charge on any atom is 0.0618 e. The van der Waals surface area contributed by atoms with Gasteiger partial charge in [0, 0.05) is 0 Å². The molecule has 4 aliphatic carbocycles. The molecule has 0 N–H and O–H groups in total. The Bertz CT molecular complexity index is 461. The number of aryl methyl sites for hydroxylation is 1. The average molecular weight is 303 g/mol. The second-order valence-corrected chi connectivity index (χ2v) is 8.37. The number of rotatable bonds is 4. The van der Waals surface area contributed by atoms with Gasteiger partial charge in [0.2, 0.25) is 0 Å². The molecule has 0 heterocycles. The van der Waals surface area contributed by atoms with Crippen molar-refractivity contribution in [1.29, 1.82) is 0 Å². The fraction of sp³-hybridized carbons (Fsp3) is 0.700. The summed E-state index contributed by atoms with van der Waals surface area (Å²) in [6.07, 6.45) is 9.80. The fourth-order valence-corrected chi connectivity index (χ4v) is 6.38. The Kier molecular flexibility index (Phi) is 3.78. The van der Waals surface area contributed by atoms with E-state index in [1.807, 2.05) is 0 Å². The highest BCUT2D eigenvalue weighted by Crippen LogP contribution is 2.60. The fourth-order valence-electron chi connectivity index (χ4n) is 5.82. The highest BCUT2D eigenvalue weighted by Gasteiger charge is 2.50. The van der Waals surface area contributed by atoms with Gasteiger partial charge in [-0.05, 0) is 79.2 Å². The molecule has 4 bridgehead atoms. The lowest BCUT2D eigenvalue weighted by molar-refractivity contribution is -0.0381. The summed E-state index contributed by atoms with van der Waals surface area (Å²) in [6.45, 7) is 2.24. The minimum absolute atomic E-state index is 0.246.